The first kappa shape index (κ1) is 18.1. The van der Waals surface area contributed by atoms with Crippen LogP contribution in [0.25, 0.3) is 0 Å². The van der Waals surface area contributed by atoms with Gasteiger partial charge in [0.15, 0.2) is 11.5 Å². The fourth-order valence-electron chi connectivity index (χ4n) is 2.33. The molecule has 2 rings (SSSR count). The average molecular weight is 331 g/mol. The molecule has 0 aliphatic rings. The number of hydrogen-bond donors (Lipinski definition) is 2. The average Bonchev–Trinajstić information content (AvgIpc) is 2.60. The van der Waals surface area contributed by atoms with Crippen LogP contribution in [0.15, 0.2) is 42.5 Å². The smallest absolute Gasteiger partial charge is 0.161 e. The molecule has 1 atom stereocenters. The molecular formula is C19H25NO4. The minimum atomic E-state index is -0.578. The maximum atomic E-state index is 10.0. The first-order chi connectivity index (χ1) is 11.6. The molecule has 0 aliphatic heterocycles. The van der Waals surface area contributed by atoms with E-state index in [-0.39, 0.29) is 6.61 Å². The van der Waals surface area contributed by atoms with E-state index >= 15 is 0 Å². The van der Waals surface area contributed by atoms with E-state index in [1.54, 1.807) is 14.2 Å². The Morgan fingerprint density at radius 2 is 1.83 bits per heavy atom. The molecule has 2 aromatic rings. The zero-order valence-corrected chi connectivity index (χ0v) is 14.4. The minimum absolute atomic E-state index is 0.252. The summed E-state index contributed by atoms with van der Waals surface area (Å²) in [5, 5.41) is 13.2. The standard InChI is InChI=1S/C19H25NO4/c1-14-5-4-6-17(9-14)24-13-16(21)12-20-11-15-7-8-18(22-2)19(10-15)23-3/h4-10,16,20-21H,11-13H2,1-3H3. The number of aryl methyl sites for hydroxylation is 1. The fourth-order valence-corrected chi connectivity index (χ4v) is 2.33. The first-order valence-electron chi connectivity index (χ1n) is 7.91. The van der Waals surface area contributed by atoms with E-state index in [4.69, 9.17) is 14.2 Å². The van der Waals surface area contributed by atoms with Crippen molar-refractivity contribution in [2.24, 2.45) is 0 Å². The molecule has 0 spiro atoms. The van der Waals surface area contributed by atoms with Gasteiger partial charge in [0.1, 0.15) is 18.5 Å². The van der Waals surface area contributed by atoms with Crippen LogP contribution < -0.4 is 19.5 Å². The zero-order valence-electron chi connectivity index (χ0n) is 14.4. The lowest BCUT2D eigenvalue weighted by molar-refractivity contribution is 0.106. The Morgan fingerprint density at radius 3 is 2.54 bits per heavy atom. The van der Waals surface area contributed by atoms with Crippen LogP contribution in [0.5, 0.6) is 17.2 Å². The van der Waals surface area contributed by atoms with Gasteiger partial charge in [-0.25, -0.2) is 0 Å². The molecule has 1 unspecified atom stereocenters. The summed E-state index contributed by atoms with van der Waals surface area (Å²) in [5.74, 6) is 2.17. The molecule has 5 nitrogen and oxygen atoms in total. The number of aliphatic hydroxyl groups is 1. The van der Waals surface area contributed by atoms with E-state index in [0.717, 1.165) is 16.9 Å². The number of methoxy groups -OCH3 is 2. The summed E-state index contributed by atoms with van der Waals surface area (Å²) in [5.41, 5.74) is 2.19. The summed E-state index contributed by atoms with van der Waals surface area (Å²) >= 11 is 0. The van der Waals surface area contributed by atoms with Gasteiger partial charge >= 0.3 is 0 Å². The molecule has 5 heteroatoms. The van der Waals surface area contributed by atoms with Gasteiger partial charge in [-0.3, -0.25) is 0 Å². The number of nitrogens with one attached hydrogen (secondary N) is 1. The number of rotatable bonds is 9. The Hall–Kier alpha value is -2.24. The number of aliphatic hydroxyl groups excluding tert-OH is 1. The molecule has 0 radical (unpaired) electrons. The van der Waals surface area contributed by atoms with Crippen LogP contribution in [0.3, 0.4) is 0 Å². The molecule has 0 fully saturated rings. The van der Waals surface area contributed by atoms with Gasteiger partial charge < -0.3 is 24.6 Å². The van der Waals surface area contributed by atoms with Crippen LogP contribution >= 0.6 is 0 Å². The summed E-state index contributed by atoms with van der Waals surface area (Å²) in [6, 6.07) is 13.5. The molecule has 0 bridgehead atoms. The van der Waals surface area contributed by atoms with Crippen LogP contribution in [0.1, 0.15) is 11.1 Å². The van der Waals surface area contributed by atoms with E-state index in [1.807, 2.05) is 49.4 Å². The third-order valence-corrected chi connectivity index (χ3v) is 3.59. The normalized spacial score (nSPS) is 11.8. The lowest BCUT2D eigenvalue weighted by Gasteiger charge is -2.14. The Labute approximate surface area is 143 Å². The van der Waals surface area contributed by atoms with Gasteiger partial charge in [0.2, 0.25) is 0 Å². The molecule has 2 aromatic carbocycles. The highest BCUT2D eigenvalue weighted by molar-refractivity contribution is 5.42. The molecule has 0 aliphatic carbocycles. The van der Waals surface area contributed by atoms with Crippen molar-refractivity contribution in [2.45, 2.75) is 19.6 Å². The largest absolute Gasteiger partial charge is 0.493 e. The second-order valence-electron chi connectivity index (χ2n) is 5.60. The third kappa shape index (κ3) is 5.44. The van der Waals surface area contributed by atoms with Crippen LogP contribution in [-0.4, -0.2) is 38.6 Å². The highest BCUT2D eigenvalue weighted by Crippen LogP contribution is 2.27. The van der Waals surface area contributed by atoms with Crippen molar-refractivity contribution in [3.8, 4) is 17.2 Å². The summed E-state index contributed by atoms with van der Waals surface area (Å²) in [7, 11) is 3.22. The van der Waals surface area contributed by atoms with Gasteiger partial charge in [-0.05, 0) is 42.3 Å². The maximum Gasteiger partial charge on any atom is 0.161 e. The van der Waals surface area contributed by atoms with Gasteiger partial charge in [-0.1, -0.05) is 18.2 Å². The van der Waals surface area contributed by atoms with Crippen molar-refractivity contribution in [3.63, 3.8) is 0 Å². The molecule has 0 heterocycles. The fraction of sp³-hybridized carbons (Fsp3) is 0.368. The molecule has 0 saturated carbocycles. The lowest BCUT2D eigenvalue weighted by Crippen LogP contribution is -2.31. The van der Waals surface area contributed by atoms with Crippen LogP contribution in [-0.2, 0) is 6.54 Å². The molecule has 130 valence electrons. The van der Waals surface area contributed by atoms with E-state index < -0.39 is 6.10 Å². The second-order valence-corrected chi connectivity index (χ2v) is 5.60. The van der Waals surface area contributed by atoms with Crippen LogP contribution in [0, 0.1) is 6.92 Å². The molecule has 2 N–H and O–H groups in total. The Kier molecular flexibility index (Phi) is 6.90. The van der Waals surface area contributed by atoms with Crippen molar-refractivity contribution < 1.29 is 19.3 Å². The molecular weight excluding hydrogens is 306 g/mol. The lowest BCUT2D eigenvalue weighted by atomic mass is 10.2. The van der Waals surface area contributed by atoms with E-state index in [2.05, 4.69) is 5.32 Å². The summed E-state index contributed by atoms with van der Waals surface area (Å²) in [6.07, 6.45) is -0.578. The maximum absolute atomic E-state index is 10.0. The quantitative estimate of drug-likeness (QED) is 0.739. The van der Waals surface area contributed by atoms with Gasteiger partial charge in [0.25, 0.3) is 0 Å². The number of benzene rings is 2. The summed E-state index contributed by atoms with van der Waals surface area (Å²) in [6.45, 7) is 3.33. The Bertz CT molecular complexity index is 645. The van der Waals surface area contributed by atoms with Gasteiger partial charge in [-0.2, -0.15) is 0 Å². The van der Waals surface area contributed by atoms with Gasteiger partial charge in [0.05, 0.1) is 14.2 Å². The topological polar surface area (TPSA) is 60.0 Å². The van der Waals surface area contributed by atoms with Crippen LogP contribution in [0.4, 0.5) is 0 Å². The van der Waals surface area contributed by atoms with Crippen molar-refractivity contribution in [2.75, 3.05) is 27.4 Å². The van der Waals surface area contributed by atoms with Crippen molar-refractivity contribution >= 4 is 0 Å². The highest BCUT2D eigenvalue weighted by Gasteiger charge is 2.07. The third-order valence-electron chi connectivity index (χ3n) is 3.59. The molecule has 24 heavy (non-hydrogen) atoms. The van der Waals surface area contributed by atoms with Crippen molar-refractivity contribution in [1.82, 2.24) is 5.32 Å². The van der Waals surface area contributed by atoms with Gasteiger partial charge in [-0.15, -0.1) is 0 Å². The number of ether oxygens (including phenoxy) is 3. The molecule has 0 saturated heterocycles. The minimum Gasteiger partial charge on any atom is -0.493 e. The SMILES string of the molecule is COc1ccc(CNCC(O)COc2cccc(C)c2)cc1OC. The summed E-state index contributed by atoms with van der Waals surface area (Å²) in [4.78, 5) is 0. The first-order valence-corrected chi connectivity index (χ1v) is 7.91. The molecule has 0 amide bonds. The highest BCUT2D eigenvalue weighted by atomic mass is 16.5. The van der Waals surface area contributed by atoms with E-state index in [9.17, 15) is 5.11 Å². The Balaban J connectivity index is 1.75. The van der Waals surface area contributed by atoms with Gasteiger partial charge in [0, 0.05) is 13.1 Å². The predicted octanol–water partition coefficient (Wildman–Crippen LogP) is 2.54. The van der Waals surface area contributed by atoms with Crippen LogP contribution in [0.2, 0.25) is 0 Å². The predicted molar refractivity (Wildman–Crippen MR) is 93.9 cm³/mol. The molecule has 0 aromatic heterocycles. The number of hydrogen-bond acceptors (Lipinski definition) is 5. The van der Waals surface area contributed by atoms with E-state index in [0.29, 0.717) is 24.6 Å². The second kappa shape index (κ2) is 9.15. The van der Waals surface area contributed by atoms with E-state index in [1.165, 1.54) is 0 Å². The zero-order chi connectivity index (χ0) is 17.4. The Morgan fingerprint density at radius 1 is 1.04 bits per heavy atom. The van der Waals surface area contributed by atoms with Crippen molar-refractivity contribution in [1.29, 1.82) is 0 Å². The van der Waals surface area contributed by atoms with Crippen molar-refractivity contribution in [3.05, 3.63) is 53.6 Å². The summed E-state index contributed by atoms with van der Waals surface area (Å²) < 4.78 is 16.1. The monoisotopic (exact) mass is 331 g/mol.